The van der Waals surface area contributed by atoms with E-state index in [4.69, 9.17) is 8.83 Å². The molecule has 0 bridgehead atoms. The Hall–Kier alpha value is -9.12. The number of hydrogen-bond acceptors (Lipinski definition) is 4. The molecule has 4 heteroatoms. The molecule has 2 aromatic heterocycles. The van der Waals surface area contributed by atoms with Crippen molar-refractivity contribution in [2.24, 2.45) is 0 Å². The normalized spacial score (nSPS) is 14.5. The van der Waals surface area contributed by atoms with E-state index in [1.807, 2.05) is 0 Å². The highest BCUT2D eigenvalue weighted by Gasteiger charge is 2.32. The Bertz CT molecular complexity index is 4580. The summed E-state index contributed by atoms with van der Waals surface area (Å²) in [5.41, 5.74) is 23.0. The maximum absolute atomic E-state index is 7.42. The SMILES string of the molecule is CCc1ccc(N(c2cc(C3CCCCC3)c3ccc4c(N(c5ccc(CC)cc5)c5cccc6c5oc5c(-c7ccccc7C)cccc56)cc(C5CCCCC5)c5ccc2c3c54)c2cccc3c2oc2c(-c4ccccc4C)cccc23)cc1. The highest BCUT2D eigenvalue weighted by Crippen LogP contribution is 2.55. The third kappa shape index (κ3) is 8.53. The van der Waals surface area contributed by atoms with Gasteiger partial charge in [0.2, 0.25) is 0 Å². The third-order valence-electron chi connectivity index (χ3n) is 20.1. The first kappa shape index (κ1) is 52.4. The number of nitrogens with zero attached hydrogens (tertiary/aromatic N) is 2. The monoisotopic (exact) mass is 1120 g/mol. The summed E-state index contributed by atoms with van der Waals surface area (Å²) in [5, 5.41) is 12.5. The molecule has 0 radical (unpaired) electrons. The molecule has 4 nitrogen and oxygen atoms in total. The first-order valence-corrected chi connectivity index (χ1v) is 32.0. The Morgan fingerprint density at radius 2 is 0.686 bits per heavy atom. The van der Waals surface area contributed by atoms with Gasteiger partial charge in [0.1, 0.15) is 11.2 Å². The van der Waals surface area contributed by atoms with E-state index in [9.17, 15) is 0 Å². The van der Waals surface area contributed by atoms with E-state index in [0.717, 1.165) is 90.6 Å². The molecule has 0 spiro atoms. The van der Waals surface area contributed by atoms with E-state index in [1.165, 1.54) is 152 Å². The molecule has 422 valence electrons. The first-order chi connectivity index (χ1) is 42.4. The van der Waals surface area contributed by atoms with Crippen LogP contribution in [0.5, 0.6) is 0 Å². The average Bonchev–Trinajstić information content (AvgIpc) is 1.91. The third-order valence-corrected chi connectivity index (χ3v) is 20.1. The second-order valence-corrected chi connectivity index (χ2v) is 24.9. The number of hydrogen-bond donors (Lipinski definition) is 0. The van der Waals surface area contributed by atoms with Gasteiger partial charge in [-0.3, -0.25) is 0 Å². The Labute approximate surface area is 504 Å². The summed E-state index contributed by atoms with van der Waals surface area (Å²) in [7, 11) is 0. The van der Waals surface area contributed by atoms with Crippen LogP contribution in [0.4, 0.5) is 34.1 Å². The molecule has 2 aliphatic carbocycles. The predicted octanol–water partition coefficient (Wildman–Crippen LogP) is 24.5. The Morgan fingerprint density at radius 1 is 0.326 bits per heavy atom. The summed E-state index contributed by atoms with van der Waals surface area (Å²) in [5.74, 6) is 0.854. The lowest BCUT2D eigenvalue weighted by Crippen LogP contribution is -2.15. The number of fused-ring (bicyclic) bond motifs is 6. The van der Waals surface area contributed by atoms with Crippen molar-refractivity contribution in [3.63, 3.8) is 0 Å². The van der Waals surface area contributed by atoms with Crippen LogP contribution in [-0.2, 0) is 12.8 Å². The number of furan rings is 2. The molecule has 14 aromatic rings. The quantitative estimate of drug-likeness (QED) is 0.114. The summed E-state index contributed by atoms with van der Waals surface area (Å²) in [6.07, 6.45) is 14.2. The van der Waals surface area contributed by atoms with Gasteiger partial charge in [-0.05, 0) is 179 Å². The van der Waals surface area contributed by atoms with Crippen LogP contribution in [0.15, 0.2) is 215 Å². The summed E-state index contributed by atoms with van der Waals surface area (Å²) in [6.45, 7) is 8.91. The minimum absolute atomic E-state index is 0.427. The zero-order valence-electron chi connectivity index (χ0n) is 50.0. The van der Waals surface area contributed by atoms with E-state index in [1.54, 1.807) is 0 Å². The van der Waals surface area contributed by atoms with Crippen molar-refractivity contribution in [1.82, 2.24) is 0 Å². The molecule has 0 atom stereocenters. The lowest BCUT2D eigenvalue weighted by atomic mass is 9.77. The van der Waals surface area contributed by atoms with Crippen LogP contribution in [0.2, 0.25) is 0 Å². The fourth-order valence-corrected chi connectivity index (χ4v) is 15.6. The number of anilines is 6. The zero-order valence-corrected chi connectivity index (χ0v) is 50.0. The van der Waals surface area contributed by atoms with Gasteiger partial charge in [-0.2, -0.15) is 0 Å². The van der Waals surface area contributed by atoms with E-state index < -0.39 is 0 Å². The van der Waals surface area contributed by atoms with Crippen molar-refractivity contribution in [1.29, 1.82) is 0 Å². The van der Waals surface area contributed by atoms with Gasteiger partial charge in [0.05, 0.1) is 22.7 Å². The number of para-hydroxylation sites is 4. The van der Waals surface area contributed by atoms with E-state index >= 15 is 0 Å². The summed E-state index contributed by atoms with van der Waals surface area (Å²) >= 11 is 0. The molecule has 16 rings (SSSR count). The van der Waals surface area contributed by atoms with Crippen LogP contribution in [0.25, 0.3) is 98.4 Å². The molecule has 0 unspecified atom stereocenters. The molecule has 2 fully saturated rings. The van der Waals surface area contributed by atoms with Gasteiger partial charge in [0, 0.05) is 54.8 Å². The van der Waals surface area contributed by atoms with Crippen molar-refractivity contribution in [3.8, 4) is 22.3 Å². The van der Waals surface area contributed by atoms with Gasteiger partial charge in [-0.1, -0.05) is 210 Å². The van der Waals surface area contributed by atoms with Crippen LogP contribution >= 0.6 is 0 Å². The van der Waals surface area contributed by atoms with Crippen LogP contribution in [0.3, 0.4) is 0 Å². The molecule has 2 heterocycles. The minimum atomic E-state index is 0.427. The topological polar surface area (TPSA) is 32.8 Å². The first-order valence-electron chi connectivity index (χ1n) is 32.0. The van der Waals surface area contributed by atoms with Crippen LogP contribution in [0, 0.1) is 13.8 Å². The van der Waals surface area contributed by atoms with Crippen molar-refractivity contribution >= 4 is 110 Å². The average molecular weight is 1120 g/mol. The number of aryl methyl sites for hydroxylation is 4. The van der Waals surface area contributed by atoms with Gasteiger partial charge in [0.25, 0.3) is 0 Å². The van der Waals surface area contributed by atoms with Crippen molar-refractivity contribution in [2.75, 3.05) is 9.80 Å². The van der Waals surface area contributed by atoms with Gasteiger partial charge in [0.15, 0.2) is 11.2 Å². The molecule has 0 amide bonds. The van der Waals surface area contributed by atoms with Crippen molar-refractivity contribution < 1.29 is 8.83 Å². The van der Waals surface area contributed by atoms with Gasteiger partial charge < -0.3 is 18.6 Å². The second-order valence-electron chi connectivity index (χ2n) is 24.9. The molecule has 2 aliphatic rings. The summed E-state index contributed by atoms with van der Waals surface area (Å²) in [6, 6.07) is 78.3. The van der Waals surface area contributed by atoms with E-state index in [2.05, 4.69) is 244 Å². The van der Waals surface area contributed by atoms with Crippen molar-refractivity contribution in [2.45, 2.75) is 117 Å². The van der Waals surface area contributed by atoms with Crippen LogP contribution in [0.1, 0.15) is 123 Å². The maximum atomic E-state index is 7.42. The molecular weight excluding hydrogens is 1040 g/mol. The fraction of sp³-hybridized carbons (Fsp3) is 0.220. The highest BCUT2D eigenvalue weighted by molar-refractivity contribution is 6.30. The maximum Gasteiger partial charge on any atom is 0.159 e. The summed E-state index contributed by atoms with van der Waals surface area (Å²) < 4.78 is 14.8. The second kappa shape index (κ2) is 21.4. The summed E-state index contributed by atoms with van der Waals surface area (Å²) in [4.78, 5) is 5.13. The van der Waals surface area contributed by atoms with Gasteiger partial charge in [-0.25, -0.2) is 0 Å². The number of rotatable bonds is 12. The Balaban J connectivity index is 1.01. The molecule has 0 aliphatic heterocycles. The molecule has 2 saturated carbocycles. The Kier molecular flexibility index (Phi) is 13.1. The van der Waals surface area contributed by atoms with Crippen LogP contribution in [-0.4, -0.2) is 0 Å². The van der Waals surface area contributed by atoms with Crippen LogP contribution < -0.4 is 9.80 Å². The van der Waals surface area contributed by atoms with Gasteiger partial charge in [-0.15, -0.1) is 0 Å². The van der Waals surface area contributed by atoms with Crippen molar-refractivity contribution in [3.05, 3.63) is 240 Å². The minimum Gasteiger partial charge on any atom is -0.453 e. The van der Waals surface area contributed by atoms with Gasteiger partial charge >= 0.3 is 0 Å². The highest BCUT2D eigenvalue weighted by atomic mass is 16.3. The zero-order chi connectivity index (χ0) is 57.6. The molecular formula is C82H72N2O2. The lowest BCUT2D eigenvalue weighted by molar-refractivity contribution is 0.445. The van der Waals surface area contributed by atoms with E-state index in [0.29, 0.717) is 11.8 Å². The standard InChI is InChI=1S/C82H72N2O2/c1-5-53-37-41-57(42-38-53)83(73-35-19-33-67-65-31-17-29-63(79(65)85-81(67)73)59-27-15-13-21-51(59)3)75-49-71(55-23-9-7-10-24-55)61-46-48-70-76(50-72(56-25-11-8-12-26-56)62-45-47-69(75)77(61)78(62)70)84(58-43-39-54(6-2)40-44-58)74-36-20-34-68-66-32-18-30-64(80(66)86-82(68)74)60-28-16-14-22-52(60)4/h13-22,27-50,55-56H,5-12,23-26H2,1-4H3. The van der Waals surface area contributed by atoms with E-state index in [-0.39, 0.29) is 0 Å². The number of benzene rings is 12. The molecule has 0 saturated heterocycles. The lowest BCUT2D eigenvalue weighted by Gasteiger charge is -2.33. The Morgan fingerprint density at radius 3 is 1.08 bits per heavy atom. The largest absolute Gasteiger partial charge is 0.453 e. The molecule has 86 heavy (non-hydrogen) atoms. The smallest absolute Gasteiger partial charge is 0.159 e. The molecule has 12 aromatic carbocycles. The molecule has 0 N–H and O–H groups in total. The predicted molar refractivity (Wildman–Crippen MR) is 365 cm³/mol. The fourth-order valence-electron chi connectivity index (χ4n) is 15.6.